The summed E-state index contributed by atoms with van der Waals surface area (Å²) in [4.78, 5) is 0. The Balaban J connectivity index is 1.54. The van der Waals surface area contributed by atoms with Gasteiger partial charge in [0.15, 0.2) is 11.5 Å². The van der Waals surface area contributed by atoms with Gasteiger partial charge < -0.3 is 19.5 Å². The van der Waals surface area contributed by atoms with Crippen molar-refractivity contribution >= 4 is 0 Å². The van der Waals surface area contributed by atoms with Crippen LogP contribution in [0.1, 0.15) is 31.2 Å². The van der Waals surface area contributed by atoms with Gasteiger partial charge in [-0.25, -0.2) is 0 Å². The Labute approximate surface area is 114 Å². The lowest BCUT2D eigenvalue weighted by molar-refractivity contribution is 0.0623. The van der Waals surface area contributed by atoms with E-state index in [0.29, 0.717) is 18.9 Å². The normalized spacial score (nSPS) is 25.5. The molecular weight excluding hydrogens is 242 g/mol. The summed E-state index contributed by atoms with van der Waals surface area (Å²) >= 11 is 0. The number of hydrogen-bond acceptors (Lipinski definition) is 4. The fraction of sp³-hybridized carbons (Fsp3) is 0.600. The van der Waals surface area contributed by atoms with Crippen LogP contribution in [0.4, 0.5) is 0 Å². The van der Waals surface area contributed by atoms with E-state index in [1.165, 1.54) is 18.4 Å². The van der Waals surface area contributed by atoms with Crippen molar-refractivity contribution in [3.05, 3.63) is 23.8 Å². The molecule has 1 heterocycles. The van der Waals surface area contributed by atoms with Gasteiger partial charge in [-0.15, -0.1) is 0 Å². The van der Waals surface area contributed by atoms with Crippen LogP contribution in [0.2, 0.25) is 0 Å². The third-order valence-electron chi connectivity index (χ3n) is 4.07. The van der Waals surface area contributed by atoms with E-state index < -0.39 is 0 Å². The molecule has 1 aromatic rings. The van der Waals surface area contributed by atoms with Crippen LogP contribution < -0.4 is 14.8 Å². The highest BCUT2D eigenvalue weighted by Gasteiger charge is 2.22. The standard InChI is InChI=1S/C15H21NO3/c1-17-13-7-5-12(6-8-13)16-9-11-3-2-4-14-15(11)19-10-18-14/h2-4,12-13,16H,5-10H2,1H3. The van der Waals surface area contributed by atoms with Gasteiger partial charge in [-0.05, 0) is 31.7 Å². The number of rotatable bonds is 4. The van der Waals surface area contributed by atoms with Gasteiger partial charge in [0.25, 0.3) is 0 Å². The first kappa shape index (κ1) is 12.8. The van der Waals surface area contributed by atoms with E-state index in [2.05, 4.69) is 11.4 Å². The van der Waals surface area contributed by atoms with Gasteiger partial charge in [0, 0.05) is 25.3 Å². The first-order chi connectivity index (χ1) is 9.36. The maximum absolute atomic E-state index is 5.52. The molecule has 0 saturated heterocycles. The van der Waals surface area contributed by atoms with Crippen LogP contribution in [0.15, 0.2) is 18.2 Å². The SMILES string of the molecule is COC1CCC(NCc2cccc3c2OCO3)CC1. The molecule has 0 radical (unpaired) electrons. The number of methoxy groups -OCH3 is 1. The predicted molar refractivity (Wildman–Crippen MR) is 72.5 cm³/mol. The van der Waals surface area contributed by atoms with Crippen molar-refractivity contribution in [3.63, 3.8) is 0 Å². The number of ether oxygens (including phenoxy) is 3. The first-order valence-corrected chi connectivity index (χ1v) is 7.00. The minimum Gasteiger partial charge on any atom is -0.454 e. The maximum Gasteiger partial charge on any atom is 0.231 e. The van der Waals surface area contributed by atoms with Crippen LogP contribution in [0.25, 0.3) is 0 Å². The quantitative estimate of drug-likeness (QED) is 0.906. The highest BCUT2D eigenvalue weighted by Crippen LogP contribution is 2.35. The summed E-state index contributed by atoms with van der Waals surface area (Å²) in [5, 5.41) is 3.62. The third-order valence-corrected chi connectivity index (χ3v) is 4.07. The van der Waals surface area contributed by atoms with Crippen LogP contribution in [0.5, 0.6) is 11.5 Å². The van der Waals surface area contributed by atoms with Crippen LogP contribution in [0.3, 0.4) is 0 Å². The Morgan fingerprint density at radius 2 is 2.05 bits per heavy atom. The molecule has 1 N–H and O–H groups in total. The second-order valence-electron chi connectivity index (χ2n) is 5.24. The molecule has 0 unspecified atom stereocenters. The number of para-hydroxylation sites is 1. The van der Waals surface area contributed by atoms with Crippen molar-refractivity contribution in [1.29, 1.82) is 0 Å². The van der Waals surface area contributed by atoms with Gasteiger partial charge in [0.2, 0.25) is 6.79 Å². The number of fused-ring (bicyclic) bond motifs is 1. The summed E-state index contributed by atoms with van der Waals surface area (Å²) in [6.07, 6.45) is 5.13. The van der Waals surface area contributed by atoms with Crippen molar-refractivity contribution in [2.45, 2.75) is 44.4 Å². The lowest BCUT2D eigenvalue weighted by Gasteiger charge is -2.28. The van der Waals surface area contributed by atoms with Gasteiger partial charge in [-0.3, -0.25) is 0 Å². The molecule has 0 amide bonds. The molecule has 1 saturated carbocycles. The summed E-state index contributed by atoms with van der Waals surface area (Å²) in [6, 6.07) is 6.66. The summed E-state index contributed by atoms with van der Waals surface area (Å²) in [6.45, 7) is 1.18. The van der Waals surface area contributed by atoms with Crippen LogP contribution >= 0.6 is 0 Å². The van der Waals surface area contributed by atoms with Gasteiger partial charge in [-0.2, -0.15) is 0 Å². The first-order valence-electron chi connectivity index (χ1n) is 7.00. The molecule has 104 valence electrons. The molecule has 19 heavy (non-hydrogen) atoms. The van der Waals surface area contributed by atoms with Gasteiger partial charge in [0.1, 0.15) is 0 Å². The van der Waals surface area contributed by atoms with Gasteiger partial charge >= 0.3 is 0 Å². The summed E-state index contributed by atoms with van der Waals surface area (Å²) < 4.78 is 16.3. The molecule has 0 bridgehead atoms. The molecule has 1 aliphatic heterocycles. The highest BCUT2D eigenvalue weighted by atomic mass is 16.7. The topological polar surface area (TPSA) is 39.7 Å². The van der Waals surface area contributed by atoms with Crippen molar-refractivity contribution in [2.24, 2.45) is 0 Å². The van der Waals surface area contributed by atoms with Crippen molar-refractivity contribution in [3.8, 4) is 11.5 Å². The second kappa shape index (κ2) is 5.80. The molecule has 1 fully saturated rings. The lowest BCUT2D eigenvalue weighted by atomic mass is 9.93. The van der Waals surface area contributed by atoms with E-state index in [1.807, 2.05) is 19.2 Å². The Kier molecular flexibility index (Phi) is 3.89. The number of nitrogens with one attached hydrogen (secondary N) is 1. The Hall–Kier alpha value is -1.26. The Bertz CT molecular complexity index is 427. The summed E-state index contributed by atoms with van der Waals surface area (Å²) in [5.74, 6) is 1.77. The molecule has 0 aromatic heterocycles. The van der Waals surface area contributed by atoms with Crippen molar-refractivity contribution < 1.29 is 14.2 Å². The van der Waals surface area contributed by atoms with Crippen molar-refractivity contribution in [1.82, 2.24) is 5.32 Å². The maximum atomic E-state index is 5.52. The Morgan fingerprint density at radius 3 is 2.84 bits per heavy atom. The summed E-state index contributed by atoms with van der Waals surface area (Å²) in [5.41, 5.74) is 1.18. The fourth-order valence-corrected chi connectivity index (χ4v) is 2.89. The van der Waals surface area contributed by atoms with E-state index in [-0.39, 0.29) is 0 Å². The van der Waals surface area contributed by atoms with Gasteiger partial charge in [0.05, 0.1) is 6.10 Å². The summed E-state index contributed by atoms with van der Waals surface area (Å²) in [7, 11) is 1.81. The third kappa shape index (κ3) is 2.85. The van der Waals surface area contributed by atoms with Gasteiger partial charge in [-0.1, -0.05) is 12.1 Å². The average Bonchev–Trinajstić information content (AvgIpc) is 2.94. The van der Waals surface area contributed by atoms with E-state index in [4.69, 9.17) is 14.2 Å². The van der Waals surface area contributed by atoms with E-state index >= 15 is 0 Å². The molecule has 4 nitrogen and oxygen atoms in total. The molecular formula is C15H21NO3. The second-order valence-corrected chi connectivity index (χ2v) is 5.24. The average molecular weight is 263 g/mol. The predicted octanol–water partition coefficient (Wildman–Crippen LogP) is 2.46. The molecule has 3 rings (SSSR count). The molecule has 1 aliphatic carbocycles. The largest absolute Gasteiger partial charge is 0.454 e. The zero-order valence-corrected chi connectivity index (χ0v) is 11.4. The van der Waals surface area contributed by atoms with E-state index in [9.17, 15) is 0 Å². The van der Waals surface area contributed by atoms with E-state index in [1.54, 1.807) is 0 Å². The molecule has 0 spiro atoms. The Morgan fingerprint density at radius 1 is 1.21 bits per heavy atom. The minimum absolute atomic E-state index is 0.339. The highest BCUT2D eigenvalue weighted by molar-refractivity contribution is 5.48. The minimum atomic E-state index is 0.339. The van der Waals surface area contributed by atoms with Crippen molar-refractivity contribution in [2.75, 3.05) is 13.9 Å². The van der Waals surface area contributed by atoms with Crippen LogP contribution in [0, 0.1) is 0 Å². The number of hydrogen-bond donors (Lipinski definition) is 1. The van der Waals surface area contributed by atoms with E-state index in [0.717, 1.165) is 30.9 Å². The number of benzene rings is 1. The zero-order valence-electron chi connectivity index (χ0n) is 11.4. The van der Waals surface area contributed by atoms with Crippen LogP contribution in [-0.4, -0.2) is 26.0 Å². The fourth-order valence-electron chi connectivity index (χ4n) is 2.89. The zero-order chi connectivity index (χ0) is 13.1. The molecule has 0 atom stereocenters. The monoisotopic (exact) mass is 263 g/mol. The smallest absolute Gasteiger partial charge is 0.231 e. The molecule has 2 aliphatic rings. The lowest BCUT2D eigenvalue weighted by Crippen LogP contribution is -2.34. The molecule has 1 aromatic carbocycles. The van der Waals surface area contributed by atoms with Crippen LogP contribution in [-0.2, 0) is 11.3 Å². The molecule has 4 heteroatoms.